The molecule has 2 heterocycles. The summed E-state index contributed by atoms with van der Waals surface area (Å²) in [5.74, 6) is 0.905. The van der Waals surface area contributed by atoms with Gasteiger partial charge in [-0.1, -0.05) is 54.2 Å². The Morgan fingerprint density at radius 2 is 1.81 bits per heavy atom. The first kappa shape index (κ1) is 17.0. The molecule has 1 aliphatic heterocycles. The van der Waals surface area contributed by atoms with Crippen LogP contribution < -0.4 is 0 Å². The summed E-state index contributed by atoms with van der Waals surface area (Å²) in [5, 5.41) is 1.70. The standard InChI is InChI=1S/C21H21N3OS/c1-14(21(25)24-12-11-16-7-3-4-8-17(16)13-24)26-20-18-9-5-6-10-19(18)22-15(2)23-20/h3-10,14H,11-13H2,1-2H3. The molecular weight excluding hydrogens is 342 g/mol. The molecule has 2 aromatic carbocycles. The van der Waals surface area contributed by atoms with E-state index in [1.165, 1.54) is 22.9 Å². The number of hydrogen-bond donors (Lipinski definition) is 0. The van der Waals surface area contributed by atoms with Crippen molar-refractivity contribution in [1.82, 2.24) is 14.9 Å². The third kappa shape index (κ3) is 3.31. The summed E-state index contributed by atoms with van der Waals surface area (Å²) in [5.41, 5.74) is 3.54. The molecule has 1 unspecified atom stereocenters. The minimum absolute atomic E-state index is 0.171. The van der Waals surface area contributed by atoms with Crippen molar-refractivity contribution in [1.29, 1.82) is 0 Å². The van der Waals surface area contributed by atoms with Crippen LogP contribution >= 0.6 is 11.8 Å². The summed E-state index contributed by atoms with van der Waals surface area (Å²) in [6.45, 7) is 5.35. The molecule has 0 saturated carbocycles. The Labute approximate surface area is 157 Å². The number of carbonyl (C=O) groups excluding carboxylic acids is 1. The smallest absolute Gasteiger partial charge is 0.236 e. The predicted molar refractivity (Wildman–Crippen MR) is 105 cm³/mol. The van der Waals surface area contributed by atoms with Gasteiger partial charge in [0.05, 0.1) is 10.8 Å². The third-order valence-electron chi connectivity index (χ3n) is 4.76. The number of amides is 1. The van der Waals surface area contributed by atoms with Crippen molar-refractivity contribution in [3.8, 4) is 0 Å². The molecule has 0 radical (unpaired) electrons. The van der Waals surface area contributed by atoms with Gasteiger partial charge in [0.25, 0.3) is 0 Å². The predicted octanol–water partition coefficient (Wildman–Crippen LogP) is 4.00. The fourth-order valence-electron chi connectivity index (χ4n) is 3.41. The van der Waals surface area contributed by atoms with Gasteiger partial charge >= 0.3 is 0 Å². The van der Waals surface area contributed by atoms with Crippen LogP contribution in [0.2, 0.25) is 0 Å². The number of fused-ring (bicyclic) bond motifs is 2. The van der Waals surface area contributed by atoms with E-state index in [9.17, 15) is 4.79 Å². The number of para-hydroxylation sites is 1. The minimum atomic E-state index is -0.182. The number of rotatable bonds is 3. The summed E-state index contributed by atoms with van der Waals surface area (Å²) in [4.78, 5) is 24.0. The number of hydrogen-bond acceptors (Lipinski definition) is 4. The second-order valence-electron chi connectivity index (χ2n) is 6.63. The molecule has 0 aliphatic carbocycles. The number of carbonyl (C=O) groups is 1. The molecule has 5 heteroatoms. The largest absolute Gasteiger partial charge is 0.337 e. The van der Waals surface area contributed by atoms with Gasteiger partial charge in [-0.05, 0) is 37.5 Å². The van der Waals surface area contributed by atoms with Gasteiger partial charge in [-0.15, -0.1) is 0 Å². The van der Waals surface area contributed by atoms with Crippen LogP contribution in [0.5, 0.6) is 0 Å². The Kier molecular flexibility index (Phi) is 4.64. The lowest BCUT2D eigenvalue weighted by molar-refractivity contribution is -0.131. The Balaban J connectivity index is 1.54. The zero-order valence-corrected chi connectivity index (χ0v) is 15.8. The van der Waals surface area contributed by atoms with Crippen LogP contribution in [0.15, 0.2) is 53.6 Å². The summed E-state index contributed by atoms with van der Waals surface area (Å²) in [6, 6.07) is 16.4. The average molecular weight is 363 g/mol. The monoisotopic (exact) mass is 363 g/mol. The summed E-state index contributed by atoms with van der Waals surface area (Å²) >= 11 is 1.53. The van der Waals surface area contributed by atoms with E-state index in [2.05, 4.69) is 28.2 Å². The lowest BCUT2D eigenvalue weighted by Gasteiger charge is -2.30. The van der Waals surface area contributed by atoms with Gasteiger partial charge in [0.2, 0.25) is 5.91 Å². The molecule has 1 atom stereocenters. The molecule has 3 aromatic rings. The maximum atomic E-state index is 13.0. The Morgan fingerprint density at radius 3 is 2.65 bits per heavy atom. The Bertz CT molecular complexity index is 972. The first-order chi connectivity index (χ1) is 12.6. The summed E-state index contributed by atoms with van der Waals surface area (Å²) in [6.07, 6.45) is 0.925. The minimum Gasteiger partial charge on any atom is -0.337 e. The molecular formula is C21H21N3OS. The number of aromatic nitrogens is 2. The number of aryl methyl sites for hydroxylation is 1. The van der Waals surface area contributed by atoms with E-state index in [1.807, 2.05) is 49.1 Å². The van der Waals surface area contributed by atoms with Crippen LogP contribution in [-0.4, -0.2) is 32.6 Å². The van der Waals surface area contributed by atoms with Crippen LogP contribution in [0.3, 0.4) is 0 Å². The molecule has 26 heavy (non-hydrogen) atoms. The number of benzene rings is 2. The molecule has 1 aliphatic rings. The van der Waals surface area contributed by atoms with Crippen molar-refractivity contribution in [3.63, 3.8) is 0 Å². The van der Waals surface area contributed by atoms with Crippen molar-refractivity contribution in [3.05, 3.63) is 65.5 Å². The van der Waals surface area contributed by atoms with Crippen LogP contribution in [0.4, 0.5) is 0 Å². The van der Waals surface area contributed by atoms with Gasteiger partial charge in [0.1, 0.15) is 10.9 Å². The molecule has 0 fully saturated rings. The van der Waals surface area contributed by atoms with Crippen molar-refractivity contribution in [2.24, 2.45) is 0 Å². The van der Waals surface area contributed by atoms with Gasteiger partial charge in [0, 0.05) is 18.5 Å². The van der Waals surface area contributed by atoms with Gasteiger partial charge in [0.15, 0.2) is 0 Å². The first-order valence-corrected chi connectivity index (χ1v) is 9.75. The average Bonchev–Trinajstić information content (AvgIpc) is 2.66. The van der Waals surface area contributed by atoms with Crippen LogP contribution in [0, 0.1) is 6.92 Å². The van der Waals surface area contributed by atoms with Gasteiger partial charge < -0.3 is 4.90 Å². The zero-order chi connectivity index (χ0) is 18.1. The number of thioether (sulfide) groups is 1. The SMILES string of the molecule is Cc1nc(SC(C)C(=O)N2CCc3ccccc3C2)c2ccccc2n1. The highest BCUT2D eigenvalue weighted by molar-refractivity contribution is 8.00. The molecule has 0 N–H and O–H groups in total. The van der Waals surface area contributed by atoms with E-state index in [-0.39, 0.29) is 11.2 Å². The van der Waals surface area contributed by atoms with E-state index in [1.54, 1.807) is 0 Å². The molecule has 0 bridgehead atoms. The maximum absolute atomic E-state index is 13.0. The quantitative estimate of drug-likeness (QED) is 0.521. The normalized spacial score (nSPS) is 14.9. The van der Waals surface area contributed by atoms with Crippen LogP contribution in [0.25, 0.3) is 10.9 Å². The highest BCUT2D eigenvalue weighted by Crippen LogP contribution is 2.30. The summed E-state index contributed by atoms with van der Waals surface area (Å²) in [7, 11) is 0. The fraction of sp³-hybridized carbons (Fsp3) is 0.286. The van der Waals surface area contributed by atoms with E-state index in [0.717, 1.165) is 34.7 Å². The van der Waals surface area contributed by atoms with E-state index < -0.39 is 0 Å². The van der Waals surface area contributed by atoms with Gasteiger partial charge in [-0.25, -0.2) is 9.97 Å². The molecule has 0 saturated heterocycles. The second-order valence-corrected chi connectivity index (χ2v) is 7.96. The second kappa shape index (κ2) is 7.08. The van der Waals surface area contributed by atoms with Gasteiger partial charge in [-0.3, -0.25) is 4.79 Å². The first-order valence-electron chi connectivity index (χ1n) is 8.87. The van der Waals surface area contributed by atoms with Crippen molar-refractivity contribution < 1.29 is 4.79 Å². The topological polar surface area (TPSA) is 46.1 Å². The number of nitrogens with zero attached hydrogens (tertiary/aromatic N) is 3. The molecule has 4 nitrogen and oxygen atoms in total. The molecule has 132 valence electrons. The Hall–Kier alpha value is -2.40. The zero-order valence-electron chi connectivity index (χ0n) is 15.0. The maximum Gasteiger partial charge on any atom is 0.236 e. The fourth-order valence-corrected chi connectivity index (χ4v) is 4.48. The highest BCUT2D eigenvalue weighted by Gasteiger charge is 2.26. The highest BCUT2D eigenvalue weighted by atomic mass is 32.2. The van der Waals surface area contributed by atoms with E-state index in [0.29, 0.717) is 6.54 Å². The lowest BCUT2D eigenvalue weighted by Crippen LogP contribution is -2.40. The van der Waals surface area contributed by atoms with Gasteiger partial charge in [-0.2, -0.15) is 0 Å². The van der Waals surface area contributed by atoms with E-state index >= 15 is 0 Å². The van der Waals surface area contributed by atoms with Crippen LogP contribution in [-0.2, 0) is 17.8 Å². The Morgan fingerprint density at radius 1 is 1.08 bits per heavy atom. The van der Waals surface area contributed by atoms with Crippen molar-refractivity contribution >= 4 is 28.6 Å². The summed E-state index contributed by atoms with van der Waals surface area (Å²) < 4.78 is 0. The molecule has 4 rings (SSSR count). The van der Waals surface area contributed by atoms with E-state index in [4.69, 9.17) is 0 Å². The van der Waals surface area contributed by atoms with Crippen LogP contribution in [0.1, 0.15) is 23.9 Å². The molecule has 1 aromatic heterocycles. The molecule has 1 amide bonds. The third-order valence-corrected chi connectivity index (χ3v) is 5.85. The van der Waals surface area contributed by atoms with Crippen molar-refractivity contribution in [2.45, 2.75) is 37.1 Å². The van der Waals surface area contributed by atoms with Crippen molar-refractivity contribution in [2.75, 3.05) is 6.54 Å². The lowest BCUT2D eigenvalue weighted by atomic mass is 10.00. The molecule has 0 spiro atoms.